The van der Waals surface area contributed by atoms with Gasteiger partial charge < -0.3 is 5.32 Å². The lowest BCUT2D eigenvalue weighted by Crippen LogP contribution is -2.52. The third-order valence-corrected chi connectivity index (χ3v) is 5.50. The smallest absolute Gasteiger partial charge is 0.241 e. The van der Waals surface area contributed by atoms with Crippen molar-refractivity contribution in [2.45, 2.75) is 44.0 Å². The van der Waals surface area contributed by atoms with Crippen molar-refractivity contribution in [3.8, 4) is 0 Å². The number of hydrogen-bond acceptors (Lipinski definition) is 3. The van der Waals surface area contributed by atoms with Crippen molar-refractivity contribution in [3.63, 3.8) is 0 Å². The lowest BCUT2D eigenvalue weighted by atomic mass is 9.92. The van der Waals surface area contributed by atoms with E-state index in [1.165, 1.54) is 0 Å². The Morgan fingerprint density at radius 2 is 1.84 bits per heavy atom. The minimum atomic E-state index is -3.45. The van der Waals surface area contributed by atoms with Crippen molar-refractivity contribution in [3.05, 3.63) is 29.3 Å². The largest absolute Gasteiger partial charge is 0.317 e. The summed E-state index contributed by atoms with van der Waals surface area (Å²) >= 11 is 0. The number of benzene rings is 1. The van der Waals surface area contributed by atoms with Crippen molar-refractivity contribution >= 4 is 10.0 Å². The number of nitrogens with one attached hydrogen (secondary N) is 2. The molecule has 1 heterocycles. The SMILES string of the molecule is Cc1ccc(C)c(S(=O)(=O)NC2(C)CCNCC2)c1. The molecule has 19 heavy (non-hydrogen) atoms. The molecule has 2 N–H and O–H groups in total. The van der Waals surface area contributed by atoms with Gasteiger partial charge >= 0.3 is 0 Å². The Bertz CT molecular complexity index is 561. The summed E-state index contributed by atoms with van der Waals surface area (Å²) in [7, 11) is -3.45. The molecule has 1 aliphatic rings. The second-order valence-electron chi connectivity index (χ2n) is 5.69. The normalized spacial score (nSPS) is 19.3. The molecule has 0 unspecified atom stereocenters. The first-order valence-corrected chi connectivity index (χ1v) is 8.13. The molecule has 1 fully saturated rings. The second kappa shape index (κ2) is 5.23. The number of hydrogen-bond donors (Lipinski definition) is 2. The van der Waals surface area contributed by atoms with E-state index >= 15 is 0 Å². The zero-order valence-electron chi connectivity index (χ0n) is 11.8. The Labute approximate surface area is 115 Å². The molecule has 1 saturated heterocycles. The standard InChI is InChI=1S/C14H22N2O2S/c1-11-4-5-12(2)13(10-11)19(17,18)16-14(3)6-8-15-9-7-14/h4-5,10,15-16H,6-9H2,1-3H3. The van der Waals surface area contributed by atoms with E-state index in [-0.39, 0.29) is 5.54 Å². The molecule has 0 spiro atoms. The van der Waals surface area contributed by atoms with Gasteiger partial charge in [0.15, 0.2) is 0 Å². The zero-order chi connectivity index (χ0) is 14.1. The lowest BCUT2D eigenvalue weighted by Gasteiger charge is -2.34. The first-order valence-electron chi connectivity index (χ1n) is 6.64. The second-order valence-corrected chi connectivity index (χ2v) is 7.34. The summed E-state index contributed by atoms with van der Waals surface area (Å²) in [5, 5.41) is 3.25. The van der Waals surface area contributed by atoms with Crippen LogP contribution in [0, 0.1) is 13.8 Å². The molecule has 1 aromatic carbocycles. The predicted octanol–water partition coefficient (Wildman–Crippen LogP) is 1.72. The predicted molar refractivity (Wildman–Crippen MR) is 76.7 cm³/mol. The van der Waals surface area contributed by atoms with Gasteiger partial charge in [0.1, 0.15) is 0 Å². The van der Waals surface area contributed by atoms with Gasteiger partial charge in [0.25, 0.3) is 0 Å². The zero-order valence-corrected chi connectivity index (χ0v) is 12.6. The molecule has 106 valence electrons. The van der Waals surface area contributed by atoms with Gasteiger partial charge in [0, 0.05) is 5.54 Å². The third-order valence-electron chi connectivity index (χ3n) is 3.72. The molecule has 1 aromatic rings. The summed E-state index contributed by atoms with van der Waals surface area (Å²) < 4.78 is 28.0. The highest BCUT2D eigenvalue weighted by Gasteiger charge is 2.32. The summed E-state index contributed by atoms with van der Waals surface area (Å²) in [5.41, 5.74) is 1.40. The van der Waals surface area contributed by atoms with Crippen LogP contribution in [0.4, 0.5) is 0 Å². The van der Waals surface area contributed by atoms with E-state index in [0.29, 0.717) is 4.90 Å². The Morgan fingerprint density at radius 1 is 1.21 bits per heavy atom. The summed E-state index contributed by atoms with van der Waals surface area (Å²) in [6.45, 7) is 7.43. The van der Waals surface area contributed by atoms with Crippen LogP contribution >= 0.6 is 0 Å². The summed E-state index contributed by atoms with van der Waals surface area (Å²) in [5.74, 6) is 0. The summed E-state index contributed by atoms with van der Waals surface area (Å²) in [6.07, 6.45) is 1.63. The highest BCUT2D eigenvalue weighted by Crippen LogP contribution is 2.23. The van der Waals surface area contributed by atoms with E-state index < -0.39 is 10.0 Å². The molecule has 4 nitrogen and oxygen atoms in total. The fourth-order valence-electron chi connectivity index (χ4n) is 2.46. The van der Waals surface area contributed by atoms with Crippen LogP contribution in [0.15, 0.2) is 23.1 Å². The molecule has 0 amide bonds. The average molecular weight is 282 g/mol. The molecule has 0 saturated carbocycles. The van der Waals surface area contributed by atoms with E-state index in [9.17, 15) is 8.42 Å². The lowest BCUT2D eigenvalue weighted by molar-refractivity contribution is 0.308. The molecular formula is C14H22N2O2S. The van der Waals surface area contributed by atoms with Crippen LogP contribution in [0.3, 0.4) is 0 Å². The molecule has 0 bridgehead atoms. The number of piperidine rings is 1. The fraction of sp³-hybridized carbons (Fsp3) is 0.571. The fourth-order valence-corrected chi connectivity index (χ4v) is 4.25. The molecule has 2 rings (SSSR count). The van der Waals surface area contributed by atoms with Crippen LogP contribution in [0.2, 0.25) is 0 Å². The number of sulfonamides is 1. The average Bonchev–Trinajstić information content (AvgIpc) is 2.31. The minimum absolute atomic E-state index is 0.347. The first-order chi connectivity index (χ1) is 8.82. The van der Waals surface area contributed by atoms with Crippen LogP contribution in [-0.4, -0.2) is 27.0 Å². The van der Waals surface area contributed by atoms with Crippen LogP contribution in [0.5, 0.6) is 0 Å². The highest BCUT2D eigenvalue weighted by atomic mass is 32.2. The Balaban J connectivity index is 2.29. The first kappa shape index (κ1) is 14.5. The van der Waals surface area contributed by atoms with E-state index in [2.05, 4.69) is 10.0 Å². The van der Waals surface area contributed by atoms with E-state index in [0.717, 1.165) is 37.1 Å². The molecule has 0 radical (unpaired) electrons. The number of rotatable bonds is 3. The van der Waals surface area contributed by atoms with Gasteiger partial charge in [-0.3, -0.25) is 0 Å². The van der Waals surface area contributed by atoms with Gasteiger partial charge in [-0.1, -0.05) is 12.1 Å². The topological polar surface area (TPSA) is 58.2 Å². The molecule has 1 aliphatic heterocycles. The van der Waals surface area contributed by atoms with Crippen molar-refractivity contribution in [2.24, 2.45) is 0 Å². The maximum Gasteiger partial charge on any atom is 0.241 e. The molecule has 0 aromatic heterocycles. The summed E-state index contributed by atoms with van der Waals surface area (Å²) in [6, 6.07) is 5.53. The minimum Gasteiger partial charge on any atom is -0.317 e. The van der Waals surface area contributed by atoms with Gasteiger partial charge in [-0.05, 0) is 63.9 Å². The van der Waals surface area contributed by atoms with Gasteiger partial charge in [-0.15, -0.1) is 0 Å². The van der Waals surface area contributed by atoms with Crippen molar-refractivity contribution in [2.75, 3.05) is 13.1 Å². The maximum absolute atomic E-state index is 12.5. The van der Waals surface area contributed by atoms with E-state index in [1.807, 2.05) is 32.9 Å². The molecule has 0 atom stereocenters. The van der Waals surface area contributed by atoms with Crippen LogP contribution in [0.1, 0.15) is 30.9 Å². The van der Waals surface area contributed by atoms with E-state index in [4.69, 9.17) is 0 Å². The van der Waals surface area contributed by atoms with Crippen molar-refractivity contribution in [1.82, 2.24) is 10.0 Å². The van der Waals surface area contributed by atoms with Gasteiger partial charge in [-0.25, -0.2) is 13.1 Å². The van der Waals surface area contributed by atoms with Gasteiger partial charge in [0.2, 0.25) is 10.0 Å². The third kappa shape index (κ3) is 3.35. The Hall–Kier alpha value is -0.910. The van der Waals surface area contributed by atoms with Crippen LogP contribution in [-0.2, 0) is 10.0 Å². The highest BCUT2D eigenvalue weighted by molar-refractivity contribution is 7.89. The van der Waals surface area contributed by atoms with Gasteiger partial charge in [-0.2, -0.15) is 0 Å². The summed E-state index contributed by atoms with van der Waals surface area (Å²) in [4.78, 5) is 0.396. The van der Waals surface area contributed by atoms with Crippen LogP contribution in [0.25, 0.3) is 0 Å². The maximum atomic E-state index is 12.5. The van der Waals surface area contributed by atoms with Crippen molar-refractivity contribution in [1.29, 1.82) is 0 Å². The Morgan fingerprint density at radius 3 is 2.47 bits per heavy atom. The Kier molecular flexibility index (Phi) is 3.99. The number of aryl methyl sites for hydroxylation is 2. The van der Waals surface area contributed by atoms with E-state index in [1.54, 1.807) is 6.07 Å². The van der Waals surface area contributed by atoms with Gasteiger partial charge in [0.05, 0.1) is 4.90 Å². The monoisotopic (exact) mass is 282 g/mol. The van der Waals surface area contributed by atoms with Crippen LogP contribution < -0.4 is 10.0 Å². The molecule has 5 heteroatoms. The quantitative estimate of drug-likeness (QED) is 0.887. The molecule has 0 aliphatic carbocycles. The van der Waals surface area contributed by atoms with Crippen molar-refractivity contribution < 1.29 is 8.42 Å². The molecular weight excluding hydrogens is 260 g/mol.